The van der Waals surface area contributed by atoms with Crippen LogP contribution in [0.5, 0.6) is 0 Å². The van der Waals surface area contributed by atoms with Crippen molar-refractivity contribution in [3.8, 4) is 0 Å². The zero-order chi connectivity index (χ0) is 18.6. The maximum Gasteiger partial charge on any atom is 0.343 e. The summed E-state index contributed by atoms with van der Waals surface area (Å²) in [5.41, 5.74) is -1.54. The lowest BCUT2D eigenvalue weighted by Gasteiger charge is -2.11. The Morgan fingerprint density at radius 1 is 1.12 bits per heavy atom. The number of hydrogen-bond acceptors (Lipinski definition) is 6. The van der Waals surface area contributed by atoms with Crippen molar-refractivity contribution in [3.63, 3.8) is 0 Å². The Hall–Kier alpha value is -2.67. The molecule has 8 heteroatoms. The van der Waals surface area contributed by atoms with Crippen LogP contribution < -0.4 is 10.9 Å². The maximum atomic E-state index is 12.6. The van der Waals surface area contributed by atoms with Gasteiger partial charge in [0.05, 0.1) is 18.6 Å². The lowest BCUT2D eigenvalue weighted by molar-refractivity contribution is -0.143. The fourth-order valence-corrected chi connectivity index (χ4v) is 2.51. The summed E-state index contributed by atoms with van der Waals surface area (Å²) in [6.45, 7) is 3.14. The minimum atomic E-state index is -0.845. The molecule has 7 nitrogen and oxygen atoms in total. The van der Waals surface area contributed by atoms with Gasteiger partial charge in [0.2, 0.25) is 10.9 Å². The number of esters is 2. The van der Waals surface area contributed by atoms with Gasteiger partial charge in [0, 0.05) is 11.2 Å². The van der Waals surface area contributed by atoms with Crippen molar-refractivity contribution in [2.75, 3.05) is 13.2 Å². The van der Waals surface area contributed by atoms with Gasteiger partial charge < -0.3 is 14.0 Å². The number of fused-ring (bicyclic) bond motifs is 1. The molecule has 0 N–H and O–H groups in total. The number of carbonyl (C=O) groups is 2. The second-order valence-corrected chi connectivity index (χ2v) is 5.45. The van der Waals surface area contributed by atoms with E-state index >= 15 is 0 Å². The molecule has 0 aliphatic heterocycles. The highest BCUT2D eigenvalue weighted by Gasteiger charge is 2.19. The van der Waals surface area contributed by atoms with Gasteiger partial charge in [-0.15, -0.1) is 0 Å². The highest BCUT2D eigenvalue weighted by atomic mass is 35.5. The van der Waals surface area contributed by atoms with Crippen LogP contribution in [0.1, 0.15) is 24.2 Å². The number of rotatable bonds is 5. The van der Waals surface area contributed by atoms with Crippen LogP contribution >= 0.6 is 11.6 Å². The third-order valence-electron chi connectivity index (χ3n) is 3.33. The van der Waals surface area contributed by atoms with E-state index in [-0.39, 0.29) is 41.2 Å². The van der Waals surface area contributed by atoms with Crippen LogP contribution in [0, 0.1) is 0 Å². The second-order valence-electron chi connectivity index (χ2n) is 5.01. The molecule has 0 saturated carbocycles. The molecule has 0 unspecified atom stereocenters. The van der Waals surface area contributed by atoms with Gasteiger partial charge in [-0.25, -0.2) is 4.79 Å². The van der Waals surface area contributed by atoms with E-state index in [0.717, 1.165) is 6.20 Å². The first kappa shape index (κ1) is 18.7. The minimum Gasteiger partial charge on any atom is -0.465 e. The van der Waals surface area contributed by atoms with Gasteiger partial charge in [0.25, 0.3) is 0 Å². The molecule has 1 aromatic carbocycles. The topological polar surface area (TPSA) is 91.7 Å². The SMILES string of the molecule is CCOC(=O)Cn1cc(C(=O)OCC)c(=O)c2cc(Cl)ccc(=O)c21. The molecule has 0 amide bonds. The first-order chi connectivity index (χ1) is 11.9. The van der Waals surface area contributed by atoms with Gasteiger partial charge in [-0.2, -0.15) is 0 Å². The van der Waals surface area contributed by atoms with Gasteiger partial charge in [-0.1, -0.05) is 11.6 Å². The monoisotopic (exact) mass is 365 g/mol. The van der Waals surface area contributed by atoms with Gasteiger partial charge in [0.1, 0.15) is 17.6 Å². The fourth-order valence-electron chi connectivity index (χ4n) is 2.34. The third kappa shape index (κ3) is 4.06. The summed E-state index contributed by atoms with van der Waals surface area (Å²) in [5, 5.41) is 0.0720. The van der Waals surface area contributed by atoms with Gasteiger partial charge in [-0.3, -0.25) is 14.4 Å². The molecule has 0 atom stereocenters. The lowest BCUT2D eigenvalue weighted by Crippen LogP contribution is -2.25. The van der Waals surface area contributed by atoms with Crippen molar-refractivity contribution >= 4 is 34.4 Å². The number of halogens is 1. The van der Waals surface area contributed by atoms with Crippen molar-refractivity contribution in [2.45, 2.75) is 20.4 Å². The Morgan fingerprint density at radius 2 is 1.80 bits per heavy atom. The second kappa shape index (κ2) is 7.94. The summed E-state index contributed by atoms with van der Waals surface area (Å²) in [5.74, 6) is -1.46. The number of pyridine rings is 1. The van der Waals surface area contributed by atoms with Crippen LogP contribution in [-0.2, 0) is 20.8 Å². The summed E-state index contributed by atoms with van der Waals surface area (Å²) in [4.78, 5) is 48.9. The van der Waals surface area contributed by atoms with Crippen LogP contribution in [0.3, 0.4) is 0 Å². The van der Waals surface area contributed by atoms with Gasteiger partial charge in [-0.05, 0) is 32.0 Å². The molecular weight excluding hydrogens is 350 g/mol. The molecule has 0 aliphatic carbocycles. The molecule has 132 valence electrons. The smallest absolute Gasteiger partial charge is 0.343 e. The summed E-state index contributed by atoms with van der Waals surface area (Å²) in [6, 6.07) is 3.81. The minimum absolute atomic E-state index is 0.0435. The summed E-state index contributed by atoms with van der Waals surface area (Å²) in [6.07, 6.45) is 1.13. The standard InChI is InChI=1S/C17H16ClNO6/c1-3-24-14(21)9-19-8-12(17(23)25-4-2)16(22)11-7-10(18)5-6-13(20)15(11)19/h5-8H,3-4,9H2,1-2H3. The van der Waals surface area contributed by atoms with E-state index in [9.17, 15) is 19.2 Å². The van der Waals surface area contributed by atoms with E-state index in [2.05, 4.69) is 0 Å². The van der Waals surface area contributed by atoms with Crippen molar-refractivity contribution < 1.29 is 19.1 Å². The van der Waals surface area contributed by atoms with Crippen molar-refractivity contribution in [1.82, 2.24) is 4.57 Å². The van der Waals surface area contributed by atoms with E-state index in [1.165, 1.54) is 22.8 Å². The first-order valence-electron chi connectivity index (χ1n) is 7.58. The van der Waals surface area contributed by atoms with Crippen LogP contribution in [0.4, 0.5) is 0 Å². The summed E-state index contributed by atoms with van der Waals surface area (Å²) in [7, 11) is 0. The molecule has 25 heavy (non-hydrogen) atoms. The quantitative estimate of drug-likeness (QED) is 0.750. The highest BCUT2D eigenvalue weighted by molar-refractivity contribution is 6.31. The molecule has 2 aromatic rings. The van der Waals surface area contributed by atoms with Gasteiger partial charge >= 0.3 is 11.9 Å². The van der Waals surface area contributed by atoms with Crippen LogP contribution in [0.2, 0.25) is 5.02 Å². The third-order valence-corrected chi connectivity index (χ3v) is 3.56. The van der Waals surface area contributed by atoms with Crippen molar-refractivity contribution in [2.24, 2.45) is 0 Å². The largest absolute Gasteiger partial charge is 0.465 e. The molecular formula is C17H16ClNO6. The predicted molar refractivity (Wildman–Crippen MR) is 92.1 cm³/mol. The van der Waals surface area contributed by atoms with Crippen molar-refractivity contribution in [1.29, 1.82) is 0 Å². The number of aromatic nitrogens is 1. The normalized spacial score (nSPS) is 10.5. The average Bonchev–Trinajstić information content (AvgIpc) is 2.70. The average molecular weight is 366 g/mol. The molecule has 0 saturated heterocycles. The molecule has 0 bridgehead atoms. The summed E-state index contributed by atoms with van der Waals surface area (Å²) >= 11 is 5.95. The molecule has 1 heterocycles. The van der Waals surface area contributed by atoms with E-state index in [0.29, 0.717) is 0 Å². The Kier molecular flexibility index (Phi) is 5.93. The van der Waals surface area contributed by atoms with Crippen LogP contribution in [0.15, 0.2) is 34.0 Å². The molecule has 2 rings (SSSR count). The van der Waals surface area contributed by atoms with Crippen LogP contribution in [-0.4, -0.2) is 29.7 Å². The lowest BCUT2D eigenvalue weighted by atomic mass is 10.1. The van der Waals surface area contributed by atoms with E-state index in [1.54, 1.807) is 13.8 Å². The Balaban J connectivity index is 2.84. The Bertz CT molecular complexity index is 950. The van der Waals surface area contributed by atoms with E-state index < -0.39 is 22.8 Å². The zero-order valence-electron chi connectivity index (χ0n) is 13.7. The van der Waals surface area contributed by atoms with Crippen LogP contribution in [0.25, 0.3) is 10.9 Å². The van der Waals surface area contributed by atoms with E-state index in [4.69, 9.17) is 21.1 Å². The van der Waals surface area contributed by atoms with Gasteiger partial charge in [0.15, 0.2) is 0 Å². The number of carbonyl (C=O) groups excluding carboxylic acids is 2. The Labute approximate surface area is 147 Å². The molecule has 1 aromatic heterocycles. The molecule has 0 spiro atoms. The summed E-state index contributed by atoms with van der Waals surface area (Å²) < 4.78 is 11.0. The molecule has 0 aliphatic rings. The van der Waals surface area contributed by atoms with Crippen molar-refractivity contribution in [3.05, 3.63) is 55.4 Å². The molecule has 0 radical (unpaired) electrons. The number of nitrogens with zero attached hydrogens (tertiary/aromatic N) is 1. The zero-order valence-corrected chi connectivity index (χ0v) is 14.5. The fraction of sp³-hybridized carbons (Fsp3) is 0.294. The number of hydrogen-bond donors (Lipinski definition) is 0. The predicted octanol–water partition coefficient (Wildman–Crippen LogP) is 1.75. The molecule has 0 fully saturated rings. The van der Waals surface area contributed by atoms with E-state index in [1.807, 2.05) is 0 Å². The first-order valence-corrected chi connectivity index (χ1v) is 7.96. The highest BCUT2D eigenvalue weighted by Crippen LogP contribution is 2.14. The number of ether oxygens (including phenoxy) is 2. The Morgan fingerprint density at radius 3 is 2.44 bits per heavy atom. The maximum absolute atomic E-state index is 12.6.